The van der Waals surface area contributed by atoms with Crippen molar-refractivity contribution in [3.63, 3.8) is 0 Å². The molecular weight excluding hydrogens is 424 g/mol. The van der Waals surface area contributed by atoms with Crippen molar-refractivity contribution in [2.24, 2.45) is 13.0 Å². The summed E-state index contributed by atoms with van der Waals surface area (Å²) in [7, 11) is 3.50. The Hall–Kier alpha value is -3.10. The van der Waals surface area contributed by atoms with E-state index in [0.29, 0.717) is 30.0 Å². The molecule has 9 nitrogen and oxygen atoms in total. The van der Waals surface area contributed by atoms with Crippen LogP contribution in [-0.2, 0) is 23.2 Å². The molecule has 0 spiro atoms. The standard InChI is InChI=1S/C24H34N4O5/c1-6-24(2,3)27(4)23(31)32-15-20-21(25-26-28(20)5)16-10-12-18(13-11-16)33-19-9-7-8-17(14-19)22(29)30/h10-13,17,19H,6-9,14-15H2,1-5H3,(H,29,30)/t17-,19-/m0/s1. The highest BCUT2D eigenvalue weighted by Crippen LogP contribution is 2.30. The van der Waals surface area contributed by atoms with Crippen molar-refractivity contribution >= 4 is 12.1 Å². The lowest BCUT2D eigenvalue weighted by molar-refractivity contribution is -0.143. The maximum atomic E-state index is 12.5. The smallest absolute Gasteiger partial charge is 0.410 e. The Morgan fingerprint density at radius 1 is 1.24 bits per heavy atom. The molecule has 3 rings (SSSR count). The quantitative estimate of drug-likeness (QED) is 0.630. The van der Waals surface area contributed by atoms with E-state index in [9.17, 15) is 14.7 Å². The second-order valence-corrected chi connectivity index (χ2v) is 9.25. The summed E-state index contributed by atoms with van der Waals surface area (Å²) in [5.41, 5.74) is 1.86. The molecule has 0 unspecified atom stereocenters. The van der Waals surface area contributed by atoms with E-state index >= 15 is 0 Å². The zero-order valence-corrected chi connectivity index (χ0v) is 20.1. The average Bonchev–Trinajstić information content (AvgIpc) is 3.17. The number of carboxylic acid groups (broad SMARTS) is 1. The van der Waals surface area contributed by atoms with Crippen LogP contribution in [0.5, 0.6) is 5.75 Å². The van der Waals surface area contributed by atoms with Gasteiger partial charge in [0.05, 0.1) is 12.0 Å². The van der Waals surface area contributed by atoms with Gasteiger partial charge in [0, 0.05) is 25.2 Å². The van der Waals surface area contributed by atoms with Crippen molar-refractivity contribution in [2.45, 2.75) is 71.1 Å². The van der Waals surface area contributed by atoms with Crippen LogP contribution in [0, 0.1) is 5.92 Å². The summed E-state index contributed by atoms with van der Waals surface area (Å²) in [5.74, 6) is -0.399. The predicted molar refractivity (Wildman–Crippen MR) is 123 cm³/mol. The summed E-state index contributed by atoms with van der Waals surface area (Å²) in [6.07, 6.45) is 3.26. The zero-order valence-electron chi connectivity index (χ0n) is 20.1. The van der Waals surface area contributed by atoms with Gasteiger partial charge in [-0.15, -0.1) is 5.10 Å². The molecule has 1 heterocycles. The summed E-state index contributed by atoms with van der Waals surface area (Å²) < 4.78 is 13.2. The molecule has 2 atom stereocenters. The third kappa shape index (κ3) is 5.83. The van der Waals surface area contributed by atoms with Gasteiger partial charge in [0.25, 0.3) is 0 Å². The number of aryl methyl sites for hydroxylation is 1. The first-order valence-electron chi connectivity index (χ1n) is 11.4. The molecule has 1 aliphatic rings. The molecule has 0 bridgehead atoms. The van der Waals surface area contributed by atoms with Crippen LogP contribution in [0.2, 0.25) is 0 Å². The molecular formula is C24H34N4O5. The number of hydrogen-bond donors (Lipinski definition) is 1. The van der Waals surface area contributed by atoms with Crippen LogP contribution in [0.3, 0.4) is 0 Å². The SMILES string of the molecule is CCC(C)(C)N(C)C(=O)OCc1c(-c2ccc(O[C@H]3CCC[C@H](C(=O)O)C3)cc2)nnn1C. The van der Waals surface area contributed by atoms with Gasteiger partial charge >= 0.3 is 12.1 Å². The van der Waals surface area contributed by atoms with Crippen LogP contribution >= 0.6 is 0 Å². The second-order valence-electron chi connectivity index (χ2n) is 9.25. The first kappa shape index (κ1) is 24.5. The van der Waals surface area contributed by atoms with E-state index in [1.165, 1.54) is 0 Å². The fourth-order valence-electron chi connectivity index (χ4n) is 3.83. The van der Waals surface area contributed by atoms with Crippen LogP contribution in [0.1, 0.15) is 58.6 Å². The van der Waals surface area contributed by atoms with Crippen molar-refractivity contribution in [2.75, 3.05) is 7.05 Å². The highest BCUT2D eigenvalue weighted by atomic mass is 16.6. The van der Waals surface area contributed by atoms with Crippen LogP contribution in [-0.4, -0.2) is 55.8 Å². The molecule has 33 heavy (non-hydrogen) atoms. The average molecular weight is 459 g/mol. The van der Waals surface area contributed by atoms with Gasteiger partial charge in [-0.3, -0.25) is 4.79 Å². The summed E-state index contributed by atoms with van der Waals surface area (Å²) >= 11 is 0. The molecule has 1 saturated carbocycles. The lowest BCUT2D eigenvalue weighted by atomic mass is 9.87. The molecule has 1 aromatic carbocycles. The summed E-state index contributed by atoms with van der Waals surface area (Å²) in [4.78, 5) is 25.4. The van der Waals surface area contributed by atoms with Gasteiger partial charge in [-0.2, -0.15) is 0 Å². The van der Waals surface area contributed by atoms with Gasteiger partial charge in [0.2, 0.25) is 0 Å². The molecule has 1 aliphatic carbocycles. The van der Waals surface area contributed by atoms with Crippen molar-refractivity contribution in [3.05, 3.63) is 30.0 Å². The number of ether oxygens (including phenoxy) is 2. The molecule has 1 aromatic heterocycles. The number of aromatic nitrogens is 3. The molecule has 180 valence electrons. The van der Waals surface area contributed by atoms with E-state index < -0.39 is 12.1 Å². The van der Waals surface area contributed by atoms with Crippen molar-refractivity contribution in [1.29, 1.82) is 0 Å². The topological polar surface area (TPSA) is 107 Å². The molecule has 1 fully saturated rings. The minimum absolute atomic E-state index is 0.0543. The summed E-state index contributed by atoms with van der Waals surface area (Å²) in [6.45, 7) is 6.06. The van der Waals surface area contributed by atoms with Crippen LogP contribution < -0.4 is 4.74 Å². The number of aliphatic carboxylic acids is 1. The van der Waals surface area contributed by atoms with Crippen molar-refractivity contribution < 1.29 is 24.2 Å². The molecule has 1 N–H and O–H groups in total. The molecule has 2 aromatic rings. The molecule has 0 aliphatic heterocycles. The summed E-state index contributed by atoms with van der Waals surface area (Å²) in [5, 5.41) is 17.6. The van der Waals surface area contributed by atoms with Crippen LogP contribution in [0.15, 0.2) is 24.3 Å². The normalized spacial score (nSPS) is 18.6. The number of benzene rings is 1. The number of carboxylic acids is 1. The molecule has 0 saturated heterocycles. The van der Waals surface area contributed by atoms with Crippen molar-refractivity contribution in [1.82, 2.24) is 19.9 Å². The molecule has 0 radical (unpaired) electrons. The Morgan fingerprint density at radius 3 is 2.58 bits per heavy atom. The van der Waals surface area contributed by atoms with Crippen LogP contribution in [0.4, 0.5) is 4.79 Å². The van der Waals surface area contributed by atoms with E-state index in [-0.39, 0.29) is 24.2 Å². The Kier molecular flexibility index (Phi) is 7.61. The Bertz CT molecular complexity index is 970. The maximum absolute atomic E-state index is 12.5. The highest BCUT2D eigenvalue weighted by molar-refractivity contribution is 5.70. The minimum Gasteiger partial charge on any atom is -0.490 e. The van der Waals surface area contributed by atoms with E-state index in [0.717, 1.165) is 24.8 Å². The first-order valence-corrected chi connectivity index (χ1v) is 11.4. The molecule has 1 amide bonds. The lowest BCUT2D eigenvalue weighted by Crippen LogP contribution is -2.44. The number of amides is 1. The van der Waals surface area contributed by atoms with Crippen LogP contribution in [0.25, 0.3) is 11.3 Å². The van der Waals surface area contributed by atoms with E-state index in [1.54, 1.807) is 23.7 Å². The number of carbonyl (C=O) groups is 2. The maximum Gasteiger partial charge on any atom is 0.410 e. The fourth-order valence-corrected chi connectivity index (χ4v) is 3.83. The lowest BCUT2D eigenvalue weighted by Gasteiger charge is -2.33. The first-order chi connectivity index (χ1) is 15.6. The predicted octanol–water partition coefficient (Wildman–Crippen LogP) is 4.26. The fraction of sp³-hybridized carbons (Fsp3) is 0.583. The summed E-state index contributed by atoms with van der Waals surface area (Å²) in [6, 6.07) is 7.46. The zero-order chi connectivity index (χ0) is 24.2. The van der Waals surface area contributed by atoms with Gasteiger partial charge in [0.15, 0.2) is 0 Å². The number of hydrogen-bond acceptors (Lipinski definition) is 6. The highest BCUT2D eigenvalue weighted by Gasteiger charge is 2.29. The van der Waals surface area contributed by atoms with E-state index in [1.807, 2.05) is 45.0 Å². The largest absolute Gasteiger partial charge is 0.490 e. The Labute approximate surface area is 194 Å². The second kappa shape index (κ2) is 10.2. The Balaban J connectivity index is 1.66. The van der Waals surface area contributed by atoms with Gasteiger partial charge in [0.1, 0.15) is 23.7 Å². The van der Waals surface area contributed by atoms with Gasteiger partial charge in [-0.25, -0.2) is 9.48 Å². The third-order valence-corrected chi connectivity index (χ3v) is 6.73. The van der Waals surface area contributed by atoms with Gasteiger partial charge in [-0.05, 0) is 70.2 Å². The third-order valence-electron chi connectivity index (χ3n) is 6.73. The van der Waals surface area contributed by atoms with Gasteiger partial charge < -0.3 is 19.5 Å². The number of rotatable bonds is 8. The number of nitrogens with zero attached hydrogens (tertiary/aromatic N) is 4. The monoisotopic (exact) mass is 458 g/mol. The van der Waals surface area contributed by atoms with E-state index in [4.69, 9.17) is 9.47 Å². The number of carbonyl (C=O) groups excluding carboxylic acids is 1. The van der Waals surface area contributed by atoms with E-state index in [2.05, 4.69) is 10.3 Å². The minimum atomic E-state index is -0.751. The Morgan fingerprint density at radius 2 is 1.94 bits per heavy atom. The van der Waals surface area contributed by atoms with Crippen molar-refractivity contribution in [3.8, 4) is 17.0 Å². The molecule has 9 heteroatoms. The van der Waals surface area contributed by atoms with Gasteiger partial charge in [-0.1, -0.05) is 12.1 Å².